The number of amides is 1. The number of halogens is 4. The lowest BCUT2D eigenvalue weighted by molar-refractivity contribution is -0.118. The first kappa shape index (κ1) is 26.4. The second-order valence-corrected chi connectivity index (χ2v) is 13.2. The molecule has 1 aliphatic heterocycles. The fraction of sp³-hybridized carbons (Fsp3) is 0.333. The van der Waals surface area contributed by atoms with Crippen LogP contribution in [0, 0.1) is 6.92 Å². The summed E-state index contributed by atoms with van der Waals surface area (Å²) in [4.78, 5) is 17.0. The molecule has 1 amide bonds. The van der Waals surface area contributed by atoms with Crippen molar-refractivity contribution in [3.05, 3.63) is 72.3 Å². The van der Waals surface area contributed by atoms with E-state index in [1.165, 1.54) is 6.07 Å². The van der Waals surface area contributed by atoms with Crippen LogP contribution in [0.4, 0.5) is 4.39 Å². The van der Waals surface area contributed by atoms with Gasteiger partial charge in [0.1, 0.15) is 15.8 Å². The molecule has 186 valence electrons. The zero-order valence-electron chi connectivity index (χ0n) is 18.8. The first-order valence-corrected chi connectivity index (χ1v) is 14.5. The monoisotopic (exact) mass is 574 g/mol. The lowest BCUT2D eigenvalue weighted by atomic mass is 9.84. The molecule has 0 unspecified atom stereocenters. The van der Waals surface area contributed by atoms with Crippen LogP contribution < -0.4 is 5.32 Å². The van der Waals surface area contributed by atoms with Gasteiger partial charge in [-0.25, -0.2) is 12.8 Å². The summed E-state index contributed by atoms with van der Waals surface area (Å²) in [6, 6.07) is 6.68. The molecule has 2 aromatic rings. The summed E-state index contributed by atoms with van der Waals surface area (Å²) in [5.41, 5.74) is 4.60. The molecule has 1 N–H and O–H groups in total. The maximum absolute atomic E-state index is 15.3. The normalized spacial score (nSPS) is 17.3. The van der Waals surface area contributed by atoms with Gasteiger partial charge in [0.15, 0.2) is 9.84 Å². The van der Waals surface area contributed by atoms with Crippen LogP contribution in [0.2, 0.25) is 14.4 Å². The number of benzene rings is 1. The van der Waals surface area contributed by atoms with E-state index in [9.17, 15) is 13.2 Å². The molecule has 0 atom stereocenters. The Bertz CT molecular complexity index is 1380. The number of aliphatic imine (C=N–C) groups is 1. The summed E-state index contributed by atoms with van der Waals surface area (Å²) in [7, 11) is -3.87. The fourth-order valence-electron chi connectivity index (χ4n) is 4.17. The Morgan fingerprint density at radius 3 is 2.66 bits per heavy atom. The number of aryl methyl sites for hydroxylation is 1. The minimum absolute atomic E-state index is 0.0173. The van der Waals surface area contributed by atoms with E-state index in [1.54, 1.807) is 19.1 Å². The summed E-state index contributed by atoms with van der Waals surface area (Å²) in [6.45, 7) is 1.81. The average Bonchev–Trinajstić information content (AvgIpc) is 3.37. The number of rotatable bonds is 7. The lowest BCUT2D eigenvalue weighted by Gasteiger charge is -2.21. The predicted octanol–water partition coefficient (Wildman–Crippen LogP) is 6.31. The third kappa shape index (κ3) is 6.00. The Balaban J connectivity index is 1.47. The highest BCUT2D eigenvalue weighted by Gasteiger charge is 2.29. The van der Waals surface area contributed by atoms with Crippen molar-refractivity contribution >= 4 is 67.6 Å². The highest BCUT2D eigenvalue weighted by atomic mass is 35.5. The molecule has 2 heterocycles. The van der Waals surface area contributed by atoms with E-state index in [2.05, 4.69) is 10.3 Å². The van der Waals surface area contributed by atoms with Crippen molar-refractivity contribution in [3.8, 4) is 0 Å². The van der Waals surface area contributed by atoms with Crippen molar-refractivity contribution in [2.75, 3.05) is 18.8 Å². The average molecular weight is 576 g/mol. The Kier molecular flexibility index (Phi) is 8.08. The number of carbonyl (C=O) groups is 1. The zero-order valence-corrected chi connectivity index (χ0v) is 22.7. The van der Waals surface area contributed by atoms with Crippen LogP contribution in [0.5, 0.6) is 0 Å². The SMILES string of the molecule is Cc1cc(S(=O)(=O)CC(=O)NC/C(F)=C2\CCCC3=C2C(Cc2ccc(Cl)cc2Cl)=NC3)sc1Cl. The first-order chi connectivity index (χ1) is 16.5. The van der Waals surface area contributed by atoms with Crippen LogP contribution >= 0.6 is 46.1 Å². The van der Waals surface area contributed by atoms with E-state index in [1.807, 2.05) is 6.07 Å². The van der Waals surface area contributed by atoms with Gasteiger partial charge in [-0.15, -0.1) is 11.3 Å². The van der Waals surface area contributed by atoms with Crippen molar-refractivity contribution in [1.82, 2.24) is 5.32 Å². The molecule has 0 radical (unpaired) electrons. The quantitative estimate of drug-likeness (QED) is 0.420. The number of carbonyl (C=O) groups excluding carboxylic acids is 1. The van der Waals surface area contributed by atoms with Gasteiger partial charge in [0, 0.05) is 27.8 Å². The van der Waals surface area contributed by atoms with Gasteiger partial charge in [0.2, 0.25) is 5.91 Å². The summed E-state index contributed by atoms with van der Waals surface area (Å²) in [5.74, 6) is -2.04. The van der Waals surface area contributed by atoms with Crippen LogP contribution in [0.1, 0.15) is 30.4 Å². The number of sulfone groups is 1. The first-order valence-electron chi connectivity index (χ1n) is 10.9. The van der Waals surface area contributed by atoms with E-state index in [0.29, 0.717) is 44.9 Å². The molecule has 0 fully saturated rings. The molecular weight excluding hydrogens is 554 g/mol. The third-order valence-corrected chi connectivity index (χ3v) is 10.2. The van der Waals surface area contributed by atoms with Crippen LogP contribution in [-0.2, 0) is 21.1 Å². The Labute approximate surface area is 222 Å². The van der Waals surface area contributed by atoms with Gasteiger partial charge in [-0.3, -0.25) is 9.79 Å². The van der Waals surface area contributed by atoms with Crippen molar-refractivity contribution in [2.45, 2.75) is 36.8 Å². The standard InChI is InChI=1S/C24H22Cl3FN2O3S2/c1-13-7-22(34-24(13)27)35(32,33)12-21(31)30-11-19(28)17-4-2-3-15-10-29-20(23(15)17)8-14-5-6-16(25)9-18(14)26/h5-7,9H,2-4,8,10-12H2,1H3,(H,30,31)/b19-17-. The summed E-state index contributed by atoms with van der Waals surface area (Å²) >= 11 is 19.2. The highest BCUT2D eigenvalue weighted by molar-refractivity contribution is 7.94. The van der Waals surface area contributed by atoms with Crippen molar-refractivity contribution in [2.24, 2.45) is 4.99 Å². The molecule has 1 aliphatic carbocycles. The van der Waals surface area contributed by atoms with Gasteiger partial charge in [-0.1, -0.05) is 40.9 Å². The maximum atomic E-state index is 15.3. The molecule has 2 aliphatic rings. The summed E-state index contributed by atoms with van der Waals surface area (Å²) < 4.78 is 40.7. The van der Waals surface area contributed by atoms with Crippen LogP contribution in [0.25, 0.3) is 0 Å². The minimum atomic E-state index is -3.87. The van der Waals surface area contributed by atoms with Crippen LogP contribution in [0.3, 0.4) is 0 Å². The molecule has 0 bridgehead atoms. The molecule has 4 rings (SSSR count). The minimum Gasteiger partial charge on any atom is -0.349 e. The summed E-state index contributed by atoms with van der Waals surface area (Å²) in [6.07, 6.45) is 2.58. The Morgan fingerprint density at radius 1 is 1.20 bits per heavy atom. The fourth-order valence-corrected chi connectivity index (χ4v) is 7.60. The van der Waals surface area contributed by atoms with E-state index in [-0.39, 0.29) is 10.8 Å². The van der Waals surface area contributed by atoms with Gasteiger partial charge >= 0.3 is 0 Å². The largest absolute Gasteiger partial charge is 0.349 e. The van der Waals surface area contributed by atoms with Crippen molar-refractivity contribution < 1.29 is 17.6 Å². The number of hydrogen-bond donors (Lipinski definition) is 1. The highest BCUT2D eigenvalue weighted by Crippen LogP contribution is 2.38. The van der Waals surface area contributed by atoms with Crippen molar-refractivity contribution in [1.29, 1.82) is 0 Å². The second-order valence-electron chi connectivity index (χ2n) is 8.45. The molecule has 1 aromatic heterocycles. The van der Waals surface area contributed by atoms with E-state index < -0.39 is 27.3 Å². The number of allylic oxidation sites excluding steroid dienone is 2. The maximum Gasteiger partial charge on any atom is 0.235 e. The van der Waals surface area contributed by atoms with Gasteiger partial charge < -0.3 is 5.32 Å². The van der Waals surface area contributed by atoms with Gasteiger partial charge in [0.25, 0.3) is 0 Å². The van der Waals surface area contributed by atoms with E-state index in [0.717, 1.165) is 46.6 Å². The lowest BCUT2D eigenvalue weighted by Crippen LogP contribution is -2.31. The molecule has 0 saturated heterocycles. The molecule has 0 saturated carbocycles. The molecular formula is C24H22Cl3FN2O3S2. The number of nitrogens with one attached hydrogen (secondary N) is 1. The number of nitrogens with zero attached hydrogens (tertiary/aromatic N) is 1. The zero-order chi connectivity index (χ0) is 25.3. The Hall–Kier alpha value is -1.71. The molecule has 35 heavy (non-hydrogen) atoms. The van der Waals surface area contributed by atoms with Gasteiger partial charge in [0.05, 0.1) is 17.4 Å². The Morgan fingerprint density at radius 2 is 1.97 bits per heavy atom. The van der Waals surface area contributed by atoms with E-state index in [4.69, 9.17) is 34.8 Å². The molecule has 1 aromatic carbocycles. The predicted molar refractivity (Wildman–Crippen MR) is 141 cm³/mol. The third-order valence-electron chi connectivity index (χ3n) is 5.91. The number of thiophene rings is 1. The van der Waals surface area contributed by atoms with Crippen LogP contribution in [0.15, 0.2) is 56.0 Å². The molecule has 0 spiro atoms. The molecule has 5 nitrogen and oxygen atoms in total. The van der Waals surface area contributed by atoms with Gasteiger partial charge in [-0.05, 0) is 66.7 Å². The second kappa shape index (κ2) is 10.7. The van der Waals surface area contributed by atoms with Crippen molar-refractivity contribution in [3.63, 3.8) is 0 Å². The van der Waals surface area contributed by atoms with E-state index >= 15 is 4.39 Å². The van der Waals surface area contributed by atoms with Crippen LogP contribution in [-0.4, -0.2) is 38.9 Å². The smallest absolute Gasteiger partial charge is 0.235 e. The summed E-state index contributed by atoms with van der Waals surface area (Å²) in [5, 5.41) is 3.46. The molecule has 11 heteroatoms. The number of hydrogen-bond acceptors (Lipinski definition) is 5. The topological polar surface area (TPSA) is 75.6 Å². The van der Waals surface area contributed by atoms with Gasteiger partial charge in [-0.2, -0.15) is 0 Å².